The third-order valence-corrected chi connectivity index (χ3v) is 8.00. The SMILES string of the molecule is C=C(C)c1nnc(C[C@@H]2CCc3cc(C(C)(O)C(F)(F)F)ccc3N2S(=O)(=O)c2ccc(F)cc2)o1. The lowest BCUT2D eigenvalue weighted by atomic mass is 9.89. The molecule has 0 bridgehead atoms. The number of hydrogen-bond acceptors (Lipinski definition) is 6. The van der Waals surface area contributed by atoms with Gasteiger partial charge in [0.15, 0.2) is 5.60 Å². The van der Waals surface area contributed by atoms with E-state index in [4.69, 9.17) is 4.42 Å². The summed E-state index contributed by atoms with van der Waals surface area (Å²) in [6.45, 7) is 6.04. The van der Waals surface area contributed by atoms with Crippen molar-refractivity contribution < 1.29 is 35.5 Å². The van der Waals surface area contributed by atoms with Gasteiger partial charge in [0.05, 0.1) is 16.6 Å². The lowest BCUT2D eigenvalue weighted by molar-refractivity contribution is -0.258. The molecule has 1 aliphatic rings. The van der Waals surface area contributed by atoms with Crippen LogP contribution in [0.4, 0.5) is 23.2 Å². The molecule has 2 aromatic carbocycles. The number of aromatic nitrogens is 2. The molecule has 0 fully saturated rings. The minimum Gasteiger partial charge on any atom is -0.421 e. The molecule has 2 heterocycles. The summed E-state index contributed by atoms with van der Waals surface area (Å²) >= 11 is 0. The van der Waals surface area contributed by atoms with E-state index in [1.165, 1.54) is 6.07 Å². The number of allylic oxidation sites excluding steroid dienone is 1. The third kappa shape index (κ3) is 4.62. The van der Waals surface area contributed by atoms with E-state index in [1.807, 2.05) is 0 Å². The standard InChI is InChI=1S/C24H23F4N3O4S/c1-14(2)22-30-29-21(35-22)13-18-8-4-15-12-16(23(3,32)24(26,27)28)5-11-20(15)31(18)36(33,34)19-9-6-17(25)7-10-19/h5-7,9-12,18,32H,1,4,8,13H2,2-3H3/t18-,23?/m0/s1. The molecule has 0 amide bonds. The lowest BCUT2D eigenvalue weighted by Gasteiger charge is -2.38. The van der Waals surface area contributed by atoms with Crippen LogP contribution < -0.4 is 4.31 Å². The number of aryl methyl sites for hydroxylation is 1. The largest absolute Gasteiger partial charge is 0.421 e. The number of benzene rings is 2. The summed E-state index contributed by atoms with van der Waals surface area (Å²) in [5.74, 6) is -0.257. The number of halogens is 4. The Morgan fingerprint density at radius 1 is 1.19 bits per heavy atom. The molecule has 1 unspecified atom stereocenters. The molecular formula is C24H23F4N3O4S. The second-order valence-corrected chi connectivity index (χ2v) is 10.7. The van der Waals surface area contributed by atoms with E-state index in [1.54, 1.807) is 6.92 Å². The first-order valence-electron chi connectivity index (χ1n) is 10.9. The molecular weight excluding hydrogens is 502 g/mol. The smallest absolute Gasteiger partial charge is 0.421 e. The molecule has 0 spiro atoms. The van der Waals surface area contributed by atoms with Crippen LogP contribution in [-0.2, 0) is 28.5 Å². The van der Waals surface area contributed by atoms with Crippen LogP contribution >= 0.6 is 0 Å². The molecule has 12 heteroatoms. The van der Waals surface area contributed by atoms with Crippen molar-refractivity contribution in [2.75, 3.05) is 4.31 Å². The van der Waals surface area contributed by atoms with Crippen molar-refractivity contribution in [3.05, 3.63) is 77.8 Å². The molecule has 3 aromatic rings. The quantitative estimate of drug-likeness (QED) is 0.466. The van der Waals surface area contributed by atoms with Crippen LogP contribution in [0.25, 0.3) is 5.57 Å². The van der Waals surface area contributed by atoms with Gasteiger partial charge in [-0.3, -0.25) is 4.31 Å². The summed E-state index contributed by atoms with van der Waals surface area (Å²) in [4.78, 5) is -0.193. The zero-order valence-corrected chi connectivity index (χ0v) is 20.2. The molecule has 1 aliphatic heterocycles. The Balaban J connectivity index is 1.81. The van der Waals surface area contributed by atoms with Crippen molar-refractivity contribution in [3.8, 4) is 0 Å². The molecule has 1 N–H and O–H groups in total. The molecule has 0 saturated carbocycles. The second kappa shape index (κ2) is 9.00. The van der Waals surface area contributed by atoms with Gasteiger partial charge in [-0.25, -0.2) is 12.8 Å². The van der Waals surface area contributed by atoms with E-state index >= 15 is 0 Å². The summed E-state index contributed by atoms with van der Waals surface area (Å²) in [5, 5.41) is 18.0. The summed E-state index contributed by atoms with van der Waals surface area (Å²) in [6, 6.07) is 6.98. The molecule has 0 radical (unpaired) electrons. The van der Waals surface area contributed by atoms with Gasteiger partial charge in [0.1, 0.15) is 5.82 Å². The van der Waals surface area contributed by atoms with Gasteiger partial charge in [0.25, 0.3) is 10.0 Å². The average molecular weight is 526 g/mol. The first-order valence-corrected chi connectivity index (χ1v) is 12.4. The van der Waals surface area contributed by atoms with Crippen molar-refractivity contribution in [2.24, 2.45) is 0 Å². The predicted molar refractivity (Wildman–Crippen MR) is 123 cm³/mol. The monoisotopic (exact) mass is 525 g/mol. The van der Waals surface area contributed by atoms with E-state index in [-0.39, 0.29) is 41.6 Å². The normalized spacial score (nSPS) is 18.0. The maximum atomic E-state index is 13.7. The van der Waals surface area contributed by atoms with Crippen molar-refractivity contribution in [1.29, 1.82) is 0 Å². The maximum absolute atomic E-state index is 13.7. The van der Waals surface area contributed by atoms with Gasteiger partial charge >= 0.3 is 6.18 Å². The topological polar surface area (TPSA) is 96.5 Å². The highest BCUT2D eigenvalue weighted by Crippen LogP contribution is 2.43. The molecule has 192 valence electrons. The Morgan fingerprint density at radius 2 is 1.86 bits per heavy atom. The third-order valence-electron chi connectivity index (χ3n) is 6.12. The van der Waals surface area contributed by atoms with Crippen LogP contribution in [0.1, 0.15) is 43.2 Å². The van der Waals surface area contributed by atoms with Crippen LogP contribution in [0.2, 0.25) is 0 Å². The van der Waals surface area contributed by atoms with Crippen molar-refractivity contribution >= 4 is 21.3 Å². The van der Waals surface area contributed by atoms with E-state index in [0.717, 1.165) is 40.7 Å². The highest BCUT2D eigenvalue weighted by molar-refractivity contribution is 7.92. The zero-order chi connectivity index (χ0) is 26.5. The van der Waals surface area contributed by atoms with E-state index in [2.05, 4.69) is 16.8 Å². The van der Waals surface area contributed by atoms with E-state index in [9.17, 15) is 31.1 Å². The van der Waals surface area contributed by atoms with Gasteiger partial charge in [-0.1, -0.05) is 18.7 Å². The van der Waals surface area contributed by atoms with Crippen molar-refractivity contribution in [3.63, 3.8) is 0 Å². The summed E-state index contributed by atoms with van der Waals surface area (Å²) in [7, 11) is -4.27. The number of alkyl halides is 3. The number of fused-ring (bicyclic) bond motifs is 1. The van der Waals surface area contributed by atoms with Crippen LogP contribution in [0.3, 0.4) is 0 Å². The maximum Gasteiger partial charge on any atom is 0.421 e. The zero-order valence-electron chi connectivity index (χ0n) is 19.4. The summed E-state index contributed by atoms with van der Waals surface area (Å²) < 4.78 is 87.8. The van der Waals surface area contributed by atoms with Crippen molar-refractivity contribution in [2.45, 2.75) is 55.8 Å². The first-order chi connectivity index (χ1) is 16.7. The first kappa shape index (κ1) is 25.8. The Kier molecular flexibility index (Phi) is 6.46. The number of sulfonamides is 1. The van der Waals surface area contributed by atoms with Crippen LogP contribution in [0.5, 0.6) is 0 Å². The minimum absolute atomic E-state index is 0.0299. The Morgan fingerprint density at radius 3 is 2.44 bits per heavy atom. The second-order valence-electron chi connectivity index (χ2n) is 8.85. The van der Waals surface area contributed by atoms with Gasteiger partial charge in [0, 0.05) is 12.0 Å². The molecule has 2 atom stereocenters. The van der Waals surface area contributed by atoms with Crippen LogP contribution in [-0.4, -0.2) is 35.9 Å². The summed E-state index contributed by atoms with van der Waals surface area (Å²) in [6.07, 6.45) is -4.45. The molecule has 36 heavy (non-hydrogen) atoms. The highest BCUT2D eigenvalue weighted by Gasteiger charge is 2.51. The Bertz CT molecular complexity index is 1400. The Labute approximate surface area is 205 Å². The van der Waals surface area contributed by atoms with Gasteiger partial charge < -0.3 is 9.52 Å². The fraction of sp³-hybridized carbons (Fsp3) is 0.333. The summed E-state index contributed by atoms with van der Waals surface area (Å²) in [5.41, 5.74) is -2.54. The lowest BCUT2D eigenvalue weighted by Crippen LogP contribution is -2.45. The molecule has 0 aliphatic carbocycles. The fourth-order valence-corrected chi connectivity index (χ4v) is 5.76. The highest BCUT2D eigenvalue weighted by atomic mass is 32.2. The molecule has 4 rings (SSSR count). The van der Waals surface area contributed by atoms with Crippen LogP contribution in [0.15, 0.2) is 58.4 Å². The molecule has 7 nitrogen and oxygen atoms in total. The number of rotatable bonds is 6. The number of aliphatic hydroxyl groups is 1. The van der Waals surface area contributed by atoms with Gasteiger partial charge in [-0.05, 0) is 68.1 Å². The van der Waals surface area contributed by atoms with Crippen molar-refractivity contribution in [1.82, 2.24) is 10.2 Å². The van der Waals surface area contributed by atoms with Gasteiger partial charge in [-0.2, -0.15) is 13.2 Å². The molecule has 0 saturated heterocycles. The van der Waals surface area contributed by atoms with Crippen LogP contribution in [0, 0.1) is 5.82 Å². The number of anilines is 1. The van der Waals surface area contributed by atoms with Gasteiger partial charge in [-0.15, -0.1) is 10.2 Å². The van der Waals surface area contributed by atoms with E-state index in [0.29, 0.717) is 18.1 Å². The minimum atomic E-state index is -4.93. The van der Waals surface area contributed by atoms with Gasteiger partial charge in [0.2, 0.25) is 11.8 Å². The number of nitrogens with zero attached hydrogens (tertiary/aromatic N) is 3. The average Bonchev–Trinajstić information content (AvgIpc) is 3.27. The Hall–Kier alpha value is -3.25. The van der Waals surface area contributed by atoms with E-state index < -0.39 is 39.2 Å². The number of hydrogen-bond donors (Lipinski definition) is 1. The fourth-order valence-electron chi connectivity index (χ4n) is 4.04. The molecule has 1 aromatic heterocycles. The predicted octanol–water partition coefficient (Wildman–Crippen LogP) is 4.76.